The molecule has 30 heavy (non-hydrogen) atoms. The number of H-pyrrole nitrogens is 1. The minimum Gasteiger partial charge on any atom is -0.497 e. The summed E-state index contributed by atoms with van der Waals surface area (Å²) in [5, 5.41) is 4.62. The van der Waals surface area contributed by atoms with Crippen LogP contribution in [0, 0.1) is 0 Å². The van der Waals surface area contributed by atoms with Gasteiger partial charge in [0, 0.05) is 29.8 Å². The van der Waals surface area contributed by atoms with Crippen molar-refractivity contribution < 1.29 is 14.3 Å². The summed E-state index contributed by atoms with van der Waals surface area (Å²) in [5.41, 5.74) is 4.12. The van der Waals surface area contributed by atoms with Gasteiger partial charge in [-0.3, -0.25) is 4.79 Å². The fourth-order valence-corrected chi connectivity index (χ4v) is 5.13. The quantitative estimate of drug-likeness (QED) is 0.677. The average molecular weight is 405 g/mol. The molecule has 2 aliphatic rings. The second-order valence-electron chi connectivity index (χ2n) is 8.41. The molecule has 0 saturated carbocycles. The van der Waals surface area contributed by atoms with E-state index >= 15 is 0 Å². The van der Waals surface area contributed by atoms with E-state index in [1.807, 2.05) is 24.3 Å². The number of aryl methyl sites for hydroxylation is 1. The molecule has 1 aromatic heterocycles. The van der Waals surface area contributed by atoms with Crippen molar-refractivity contribution in [2.75, 3.05) is 20.3 Å². The van der Waals surface area contributed by atoms with E-state index in [4.69, 9.17) is 9.47 Å². The van der Waals surface area contributed by atoms with Crippen LogP contribution in [0.25, 0.3) is 10.9 Å². The summed E-state index contributed by atoms with van der Waals surface area (Å²) in [7, 11) is 1.69. The Labute approximate surface area is 176 Å². The highest BCUT2D eigenvalue weighted by Gasteiger charge is 2.43. The van der Waals surface area contributed by atoms with E-state index in [2.05, 4.69) is 34.6 Å². The highest BCUT2D eigenvalue weighted by molar-refractivity contribution is 5.90. The van der Waals surface area contributed by atoms with Gasteiger partial charge >= 0.3 is 0 Å². The minimum absolute atomic E-state index is 0.00285. The Kier molecular flexibility index (Phi) is 4.99. The van der Waals surface area contributed by atoms with Gasteiger partial charge in [0.05, 0.1) is 18.6 Å². The Morgan fingerprint density at radius 2 is 1.97 bits per heavy atom. The lowest BCUT2D eigenvalue weighted by molar-refractivity contribution is -0.131. The summed E-state index contributed by atoms with van der Waals surface area (Å²) in [6.45, 7) is 1.23. The highest BCUT2D eigenvalue weighted by atomic mass is 16.5. The molecule has 5 nitrogen and oxygen atoms in total. The number of ether oxygens (including phenoxy) is 2. The molecule has 0 spiro atoms. The first kappa shape index (κ1) is 19.2. The van der Waals surface area contributed by atoms with E-state index < -0.39 is 5.41 Å². The van der Waals surface area contributed by atoms with E-state index in [1.54, 1.807) is 7.11 Å². The third-order valence-corrected chi connectivity index (χ3v) is 6.83. The molecule has 1 atom stereocenters. The number of benzene rings is 2. The number of carbonyl (C=O) groups excluding carboxylic acids is 1. The largest absolute Gasteiger partial charge is 0.497 e. The molecule has 1 fully saturated rings. The van der Waals surface area contributed by atoms with E-state index in [1.165, 1.54) is 10.9 Å². The third kappa shape index (κ3) is 3.18. The zero-order chi connectivity index (χ0) is 20.6. The zero-order valence-corrected chi connectivity index (χ0v) is 17.4. The van der Waals surface area contributed by atoms with Crippen molar-refractivity contribution in [3.05, 3.63) is 65.4 Å². The van der Waals surface area contributed by atoms with E-state index in [9.17, 15) is 4.79 Å². The van der Waals surface area contributed by atoms with Crippen LogP contribution in [0.2, 0.25) is 0 Å². The number of aromatic amines is 1. The molecule has 156 valence electrons. The molecule has 1 unspecified atom stereocenters. The lowest BCUT2D eigenvalue weighted by Gasteiger charge is -2.38. The van der Waals surface area contributed by atoms with Crippen LogP contribution in [-0.2, 0) is 21.4 Å². The molecule has 2 heterocycles. The first-order valence-corrected chi connectivity index (χ1v) is 10.8. The number of methoxy groups -OCH3 is 1. The molecule has 0 radical (unpaired) electrons. The van der Waals surface area contributed by atoms with Crippen molar-refractivity contribution in [3.63, 3.8) is 0 Å². The molecule has 2 aromatic carbocycles. The number of amides is 1. The number of rotatable bonds is 4. The van der Waals surface area contributed by atoms with Gasteiger partial charge < -0.3 is 19.8 Å². The minimum atomic E-state index is -0.521. The van der Waals surface area contributed by atoms with Gasteiger partial charge in [0.15, 0.2) is 0 Å². The van der Waals surface area contributed by atoms with Gasteiger partial charge in [-0.25, -0.2) is 0 Å². The van der Waals surface area contributed by atoms with Crippen LogP contribution in [0.3, 0.4) is 0 Å². The molecule has 0 bridgehead atoms. The van der Waals surface area contributed by atoms with Crippen molar-refractivity contribution in [1.29, 1.82) is 0 Å². The van der Waals surface area contributed by atoms with Gasteiger partial charge in [-0.1, -0.05) is 30.3 Å². The number of hydrogen-bond acceptors (Lipinski definition) is 3. The molecule has 1 aliphatic heterocycles. The molecular weight excluding hydrogens is 376 g/mol. The fourth-order valence-electron chi connectivity index (χ4n) is 5.13. The Hall–Kier alpha value is -2.79. The summed E-state index contributed by atoms with van der Waals surface area (Å²) < 4.78 is 11.0. The second-order valence-corrected chi connectivity index (χ2v) is 8.41. The van der Waals surface area contributed by atoms with Gasteiger partial charge in [0.25, 0.3) is 0 Å². The highest BCUT2D eigenvalue weighted by Crippen LogP contribution is 2.39. The number of carbonyl (C=O) groups is 1. The molecule has 1 aliphatic carbocycles. The van der Waals surface area contributed by atoms with Crippen LogP contribution < -0.4 is 10.1 Å². The molecule has 5 rings (SSSR count). The maximum Gasteiger partial charge on any atom is 0.231 e. The number of hydrogen-bond donors (Lipinski definition) is 2. The summed E-state index contributed by atoms with van der Waals surface area (Å²) in [6.07, 6.45) is 4.46. The number of nitrogens with one attached hydrogen (secondary N) is 2. The Balaban J connectivity index is 1.48. The van der Waals surface area contributed by atoms with Crippen molar-refractivity contribution in [3.8, 4) is 5.75 Å². The average Bonchev–Trinajstić information content (AvgIpc) is 3.19. The Bertz CT molecular complexity index is 1050. The van der Waals surface area contributed by atoms with E-state index in [0.29, 0.717) is 26.1 Å². The summed E-state index contributed by atoms with van der Waals surface area (Å²) in [6, 6.07) is 16.3. The molecule has 1 saturated heterocycles. The van der Waals surface area contributed by atoms with Crippen LogP contribution in [0.4, 0.5) is 0 Å². The predicted octanol–water partition coefficient (Wildman–Crippen LogP) is 4.42. The Morgan fingerprint density at radius 1 is 1.17 bits per heavy atom. The lowest BCUT2D eigenvalue weighted by Crippen LogP contribution is -2.49. The van der Waals surface area contributed by atoms with Crippen LogP contribution in [-0.4, -0.2) is 31.2 Å². The number of aromatic nitrogens is 1. The molecule has 3 aromatic rings. The third-order valence-electron chi connectivity index (χ3n) is 6.83. The van der Waals surface area contributed by atoms with Crippen molar-refractivity contribution in [1.82, 2.24) is 10.3 Å². The fraction of sp³-hybridized carbons (Fsp3) is 0.400. The van der Waals surface area contributed by atoms with E-state index in [0.717, 1.165) is 41.8 Å². The normalized spacial score (nSPS) is 20.5. The summed E-state index contributed by atoms with van der Waals surface area (Å²) in [5.74, 6) is 0.979. The van der Waals surface area contributed by atoms with E-state index in [-0.39, 0.29) is 11.9 Å². The first-order valence-electron chi connectivity index (χ1n) is 10.8. The van der Waals surface area contributed by atoms with Crippen LogP contribution >= 0.6 is 0 Å². The van der Waals surface area contributed by atoms with Crippen LogP contribution in [0.5, 0.6) is 5.75 Å². The lowest BCUT2D eigenvalue weighted by atomic mass is 9.73. The van der Waals surface area contributed by atoms with Crippen molar-refractivity contribution in [2.24, 2.45) is 0 Å². The first-order chi connectivity index (χ1) is 14.7. The maximum absolute atomic E-state index is 13.7. The standard InChI is InChI=1S/C25H28N2O3/c1-29-18-10-11-21-20(16-18)19-8-5-9-22(23(19)26-21)27-24(28)25(12-14-30-15-13-25)17-6-3-2-4-7-17/h2-4,6-7,10-11,16,22,26H,5,8-9,12-15H2,1H3,(H,27,28). The molecule has 5 heteroatoms. The SMILES string of the molecule is COc1ccc2[nH]c3c(c2c1)CCCC3NC(=O)C1(c2ccccc2)CCOCC1. The smallest absolute Gasteiger partial charge is 0.231 e. The number of fused-ring (bicyclic) bond motifs is 3. The van der Waals surface area contributed by atoms with Crippen molar-refractivity contribution >= 4 is 16.8 Å². The zero-order valence-electron chi connectivity index (χ0n) is 17.4. The predicted molar refractivity (Wildman–Crippen MR) is 117 cm³/mol. The van der Waals surface area contributed by atoms with Gasteiger partial charge in [-0.15, -0.1) is 0 Å². The molecular formula is C25H28N2O3. The van der Waals surface area contributed by atoms with Gasteiger partial charge in [-0.05, 0) is 61.4 Å². The second kappa shape index (κ2) is 7.80. The summed E-state index contributed by atoms with van der Waals surface area (Å²) >= 11 is 0. The Morgan fingerprint density at radius 3 is 2.73 bits per heavy atom. The monoisotopic (exact) mass is 404 g/mol. The van der Waals surface area contributed by atoms with Gasteiger partial charge in [0.1, 0.15) is 5.75 Å². The summed E-state index contributed by atoms with van der Waals surface area (Å²) in [4.78, 5) is 17.3. The van der Waals surface area contributed by atoms with Gasteiger partial charge in [0.2, 0.25) is 5.91 Å². The van der Waals surface area contributed by atoms with Gasteiger partial charge in [-0.2, -0.15) is 0 Å². The maximum atomic E-state index is 13.7. The topological polar surface area (TPSA) is 63.3 Å². The van der Waals surface area contributed by atoms with Crippen molar-refractivity contribution in [2.45, 2.75) is 43.6 Å². The van der Waals surface area contributed by atoms with Crippen LogP contribution in [0.15, 0.2) is 48.5 Å². The van der Waals surface area contributed by atoms with Crippen LogP contribution in [0.1, 0.15) is 48.5 Å². The molecule has 2 N–H and O–H groups in total. The molecule has 1 amide bonds.